The zero-order valence-corrected chi connectivity index (χ0v) is 41.9. The van der Waals surface area contributed by atoms with Crippen molar-refractivity contribution in [3.63, 3.8) is 0 Å². The van der Waals surface area contributed by atoms with Crippen LogP contribution >= 0.6 is 11.8 Å². The number of aliphatic carboxylic acids is 1. The average Bonchev–Trinajstić information content (AvgIpc) is 3.76. The Bertz CT molecular complexity index is 1510. The van der Waals surface area contributed by atoms with Gasteiger partial charge in [0.2, 0.25) is 35.4 Å². The van der Waals surface area contributed by atoms with Crippen LogP contribution in [0.15, 0.2) is 0 Å². The van der Waals surface area contributed by atoms with Gasteiger partial charge < -0.3 is 84.0 Å². The van der Waals surface area contributed by atoms with Crippen LogP contribution in [0.4, 0.5) is 0 Å². The Labute approximate surface area is 419 Å². The maximum Gasteiger partial charge on any atom is 0.305 e. The maximum atomic E-state index is 13.3. The van der Waals surface area contributed by atoms with Crippen molar-refractivity contribution < 1.29 is 95.5 Å². The molecule has 0 radical (unpaired) electrons. The number of hydrogen-bond donors (Lipinski definition) is 5. The Morgan fingerprint density at radius 3 is 1.32 bits per heavy atom. The molecule has 2 aliphatic heterocycles. The molecule has 2 aliphatic rings. The van der Waals surface area contributed by atoms with Gasteiger partial charge in [-0.3, -0.25) is 43.4 Å². The summed E-state index contributed by atoms with van der Waals surface area (Å²) >= 11 is 1.03. The molecule has 0 saturated carbocycles. The number of imide groups is 2. The van der Waals surface area contributed by atoms with E-state index in [0.717, 1.165) is 21.6 Å². The third-order valence-corrected chi connectivity index (χ3v) is 11.3. The van der Waals surface area contributed by atoms with Crippen molar-refractivity contribution in [1.29, 1.82) is 0 Å². The first-order chi connectivity index (χ1) is 34.5. The second-order valence-corrected chi connectivity index (χ2v) is 16.7. The fraction of sp³-hybridized carbons (Fsp3) is 0.841. The number of nitrogens with two attached hydrogens (primary N) is 2. The van der Waals surface area contributed by atoms with Crippen molar-refractivity contribution in [2.75, 3.05) is 190 Å². The van der Waals surface area contributed by atoms with Gasteiger partial charge in [-0.2, -0.15) is 0 Å². The molecule has 2 rings (SSSR count). The number of amides is 6. The first kappa shape index (κ1) is 63.6. The predicted octanol–water partition coefficient (Wildman–Crippen LogP) is -3.20. The molecule has 2 heterocycles. The standard InChI is InChI=1S/C44H78N6O20S/c1-34-30-39(52)50(43(34)57)36(32-46)42(56)48-35(33-71-37-31-38(51)49(5-3-45)44(37)58)41(55)47-4-7-60-9-11-62-13-15-64-17-19-66-21-23-68-25-27-70-29-28-69-26-24-67-22-20-65-18-16-63-14-12-61-10-8-59-6-2-40(53)54/h34-37H,2-33,45-46H2,1H3,(H,47,55)(H,48,56)(H,53,54)/t34?,35-,36-,37?/m0/s1. The van der Waals surface area contributed by atoms with Crippen molar-refractivity contribution in [3.8, 4) is 0 Å². The molecule has 4 atom stereocenters. The molecule has 0 spiro atoms. The number of carbonyl (C=O) groups excluding carboxylic acids is 6. The van der Waals surface area contributed by atoms with Gasteiger partial charge in [-0.05, 0) is 0 Å². The highest BCUT2D eigenvalue weighted by Gasteiger charge is 2.43. The molecule has 0 aromatic heterocycles. The highest BCUT2D eigenvalue weighted by molar-refractivity contribution is 8.00. The number of likely N-dealkylation sites (tertiary alicyclic amines) is 2. The van der Waals surface area contributed by atoms with Gasteiger partial charge in [0.1, 0.15) is 12.1 Å². The molecule has 2 saturated heterocycles. The van der Waals surface area contributed by atoms with Gasteiger partial charge in [-0.1, -0.05) is 6.92 Å². The van der Waals surface area contributed by atoms with Crippen LogP contribution in [0.3, 0.4) is 0 Å². The number of thioether (sulfide) groups is 1. The molecule has 0 aliphatic carbocycles. The average molecular weight is 1040 g/mol. The van der Waals surface area contributed by atoms with Crippen LogP contribution in [0.5, 0.6) is 0 Å². The molecule has 27 heteroatoms. The summed E-state index contributed by atoms with van der Waals surface area (Å²) in [6.07, 6.45) is -0.150. The van der Waals surface area contributed by atoms with Crippen molar-refractivity contribution in [2.45, 2.75) is 43.5 Å². The van der Waals surface area contributed by atoms with Crippen LogP contribution in [0.25, 0.3) is 0 Å². The van der Waals surface area contributed by atoms with Crippen molar-refractivity contribution in [2.24, 2.45) is 17.4 Å². The molecule has 6 amide bonds. The lowest BCUT2D eigenvalue weighted by Gasteiger charge is -2.27. The van der Waals surface area contributed by atoms with E-state index in [1.54, 1.807) is 6.92 Å². The summed E-state index contributed by atoms with van der Waals surface area (Å²) in [5.41, 5.74) is 11.3. The molecule has 26 nitrogen and oxygen atoms in total. The van der Waals surface area contributed by atoms with Crippen molar-refractivity contribution in [3.05, 3.63) is 0 Å². The van der Waals surface area contributed by atoms with Gasteiger partial charge in [0.05, 0.1) is 170 Å². The smallest absolute Gasteiger partial charge is 0.305 e. The van der Waals surface area contributed by atoms with E-state index >= 15 is 0 Å². The van der Waals surface area contributed by atoms with Gasteiger partial charge in [0.25, 0.3) is 0 Å². The zero-order valence-electron chi connectivity index (χ0n) is 41.1. The monoisotopic (exact) mass is 1040 g/mol. The number of hydrogen-bond acceptors (Lipinski definition) is 22. The normalized spacial score (nSPS) is 16.9. The summed E-state index contributed by atoms with van der Waals surface area (Å²) in [7, 11) is 0. The first-order valence-corrected chi connectivity index (χ1v) is 25.0. The predicted molar refractivity (Wildman–Crippen MR) is 252 cm³/mol. The summed E-state index contributed by atoms with van der Waals surface area (Å²) < 4.78 is 65.3. The topological polar surface area (TPSA) is 333 Å². The molecule has 71 heavy (non-hydrogen) atoms. The number of carbonyl (C=O) groups is 7. The third-order valence-electron chi connectivity index (χ3n) is 10.00. The summed E-state index contributed by atoms with van der Waals surface area (Å²) in [5.74, 6) is -4.84. The van der Waals surface area contributed by atoms with Crippen LogP contribution in [0.1, 0.15) is 26.2 Å². The molecular weight excluding hydrogens is 965 g/mol. The Hall–Kier alpha value is -3.52. The van der Waals surface area contributed by atoms with Gasteiger partial charge in [-0.15, -0.1) is 11.8 Å². The van der Waals surface area contributed by atoms with Gasteiger partial charge >= 0.3 is 5.97 Å². The maximum absolute atomic E-state index is 13.3. The Morgan fingerprint density at radius 2 is 0.972 bits per heavy atom. The molecule has 7 N–H and O–H groups in total. The fourth-order valence-corrected chi connectivity index (χ4v) is 7.52. The van der Waals surface area contributed by atoms with E-state index in [4.69, 9.17) is 73.4 Å². The highest BCUT2D eigenvalue weighted by Crippen LogP contribution is 2.26. The van der Waals surface area contributed by atoms with Crippen molar-refractivity contribution >= 4 is 53.2 Å². The Morgan fingerprint density at radius 1 is 0.577 bits per heavy atom. The molecule has 410 valence electrons. The number of nitrogens with zero attached hydrogens (tertiary/aromatic N) is 2. The second-order valence-electron chi connectivity index (χ2n) is 15.5. The molecule has 2 unspecified atom stereocenters. The van der Waals surface area contributed by atoms with E-state index in [1.165, 1.54) is 0 Å². The number of nitrogens with one attached hydrogen (secondary N) is 2. The lowest BCUT2D eigenvalue weighted by atomic mass is 10.1. The molecule has 0 bridgehead atoms. The van der Waals surface area contributed by atoms with Crippen LogP contribution < -0.4 is 22.1 Å². The lowest BCUT2D eigenvalue weighted by Crippen LogP contribution is -2.58. The quantitative estimate of drug-likeness (QED) is 0.0296. The van der Waals surface area contributed by atoms with Crippen molar-refractivity contribution in [1.82, 2.24) is 20.4 Å². The van der Waals surface area contributed by atoms with E-state index < -0.39 is 58.8 Å². The first-order valence-electron chi connectivity index (χ1n) is 24.0. The molecule has 2 fully saturated rings. The van der Waals surface area contributed by atoms with E-state index in [-0.39, 0.29) is 83.5 Å². The minimum atomic E-state index is -1.32. The summed E-state index contributed by atoms with van der Waals surface area (Å²) in [6, 6.07) is -2.52. The van der Waals surface area contributed by atoms with Crippen LogP contribution in [-0.4, -0.2) is 264 Å². The SMILES string of the molecule is CC1CC(=O)N([C@@H](CN)C(=O)N[C@@H](CSC2CC(=O)N(CCN)C2=O)C(=O)NCCOCCOCCOCCOCCOCCOCCOCCOCCOCCOCCOCCOCCC(=O)O)C1=O. The summed E-state index contributed by atoms with van der Waals surface area (Å²) in [5, 5.41) is 13.0. The Balaban J connectivity index is 1.38. The van der Waals surface area contributed by atoms with Gasteiger partial charge in [0.15, 0.2) is 0 Å². The molecule has 0 aromatic rings. The third kappa shape index (κ3) is 29.7. The van der Waals surface area contributed by atoms with E-state index in [1.807, 2.05) is 0 Å². The van der Waals surface area contributed by atoms with Gasteiger partial charge in [0, 0.05) is 50.7 Å². The Kier molecular flexibility index (Phi) is 37.5. The highest BCUT2D eigenvalue weighted by atomic mass is 32.2. The van der Waals surface area contributed by atoms with E-state index in [0.29, 0.717) is 132 Å². The minimum absolute atomic E-state index is 0.0212. The molecule has 0 aromatic carbocycles. The second kappa shape index (κ2) is 41.9. The number of carboxylic acids is 1. The largest absolute Gasteiger partial charge is 0.481 e. The zero-order chi connectivity index (χ0) is 51.7. The van der Waals surface area contributed by atoms with Crippen LogP contribution in [0.2, 0.25) is 0 Å². The minimum Gasteiger partial charge on any atom is -0.481 e. The van der Waals surface area contributed by atoms with E-state index in [2.05, 4.69) is 10.6 Å². The number of carboxylic acid groups (broad SMARTS) is 1. The lowest BCUT2D eigenvalue weighted by molar-refractivity contribution is -0.147. The number of ether oxygens (including phenoxy) is 12. The summed E-state index contributed by atoms with van der Waals surface area (Å²) in [6.45, 7) is 10.6. The van der Waals surface area contributed by atoms with E-state index in [9.17, 15) is 33.6 Å². The summed E-state index contributed by atoms with van der Waals surface area (Å²) in [4.78, 5) is 89.1. The molecular formula is C44H78N6O20S. The van der Waals surface area contributed by atoms with Gasteiger partial charge in [-0.25, -0.2) is 0 Å². The van der Waals surface area contributed by atoms with Crippen LogP contribution in [0, 0.1) is 5.92 Å². The van der Waals surface area contributed by atoms with Crippen LogP contribution in [-0.2, 0) is 90.4 Å². The fourth-order valence-electron chi connectivity index (χ4n) is 6.33. The number of rotatable bonds is 49.